The summed E-state index contributed by atoms with van der Waals surface area (Å²) >= 11 is 0. The maximum Gasteiger partial charge on any atom is 0.401 e. The van der Waals surface area contributed by atoms with Crippen LogP contribution >= 0.6 is 0 Å². The first-order valence-corrected chi connectivity index (χ1v) is 45.8. The molecule has 9 heterocycles. The van der Waals surface area contributed by atoms with Crippen molar-refractivity contribution in [2.45, 2.75) is 66.6 Å². The summed E-state index contributed by atoms with van der Waals surface area (Å²) in [4.78, 5) is 54.7. The number of aliphatic hydroxyl groups excluding tert-OH is 1. The van der Waals surface area contributed by atoms with Crippen LogP contribution in [0.25, 0.3) is 89.2 Å². The molecule has 0 atom stereocenters. The number of fused-ring (bicyclic) bond motifs is 4. The summed E-state index contributed by atoms with van der Waals surface area (Å²) in [7, 11) is 22.1. The first-order valence-electron chi connectivity index (χ1n) is 45.8. The van der Waals surface area contributed by atoms with E-state index < -0.39 is 12.7 Å². The molecule has 0 aliphatic rings. The number of aryl methyl sites for hydroxylation is 5. The number of alkyl halides is 3. The van der Waals surface area contributed by atoms with Gasteiger partial charge in [0.1, 0.15) is 46.0 Å². The van der Waals surface area contributed by atoms with Gasteiger partial charge in [0.2, 0.25) is 11.7 Å². The zero-order valence-electron chi connectivity index (χ0n) is 82.9. The molecule has 0 amide bonds. The first kappa shape index (κ1) is 102. The Balaban J connectivity index is 0.000000151. The number of halogens is 3. The van der Waals surface area contributed by atoms with Crippen molar-refractivity contribution in [2.24, 2.45) is 28.2 Å². The van der Waals surface area contributed by atoms with Gasteiger partial charge < -0.3 is 78.0 Å². The van der Waals surface area contributed by atoms with Crippen LogP contribution in [0.5, 0.6) is 51.9 Å². The molecule has 0 saturated carbocycles. The van der Waals surface area contributed by atoms with Gasteiger partial charge in [-0.1, -0.05) is 33.6 Å². The molecule has 3 N–H and O–H groups in total. The second-order valence-electron chi connectivity index (χ2n) is 32.9. The Hall–Kier alpha value is -16.3. The molecular formula is C105H115F3N24O10. The monoisotopic (exact) mass is 1930 g/mol. The summed E-state index contributed by atoms with van der Waals surface area (Å²) in [5.41, 5.74) is 24.1. The van der Waals surface area contributed by atoms with Gasteiger partial charge in [0.15, 0.2) is 0 Å². The molecule has 0 aliphatic heterocycles. The molecule has 34 nitrogen and oxygen atoms in total. The normalized spacial score (nSPS) is 11.1. The van der Waals surface area contributed by atoms with Crippen molar-refractivity contribution in [3.05, 3.63) is 236 Å². The lowest BCUT2D eigenvalue weighted by molar-refractivity contribution is -0.124. The van der Waals surface area contributed by atoms with E-state index in [9.17, 15) is 18.3 Å². The lowest BCUT2D eigenvalue weighted by Crippen LogP contribution is -2.34. The van der Waals surface area contributed by atoms with Gasteiger partial charge in [-0.05, 0) is 105 Å². The van der Waals surface area contributed by atoms with E-state index in [-0.39, 0.29) is 19.7 Å². The maximum atomic E-state index is 12.7. The molecule has 17 aromatic rings. The third-order valence-corrected chi connectivity index (χ3v) is 23.4. The highest BCUT2D eigenvalue weighted by atomic mass is 19.4. The average molecular weight is 1930 g/mol. The predicted octanol–water partition coefficient (Wildman–Crippen LogP) is 17.5. The average Bonchev–Trinajstić information content (AvgIpc) is 1.27. The van der Waals surface area contributed by atoms with Crippen LogP contribution in [0.3, 0.4) is 0 Å². The summed E-state index contributed by atoms with van der Waals surface area (Å²) in [5.74, 6) is 12.3. The number of methoxy groups -OCH3 is 9. The standard InChI is InChI=1S/C28H25N7O3.C27H34N6O2.C26H29F3N6O2.C24H27N5O3/c1-34-18-19(16-31-34)26-17-30-24-8-7-20(14-25(24)32-26)35(21-12-22(36-2)15-23(13-21)37-3)11-5-6-27-29-10-9-28(33-27)38-4;1-17(2)28-10-11-33(21-12-22(34-6)15-23(13-21)35-7)20-8-9-24-25(14-20)30-26(16-29-24)27-18(3)31-32(5)19(27)4;1-5-25-21(14-32-34(25)2)24-15-31-22-7-6-17(12-23(22)33-24)35(9-8-30-16-26(27,28)29)18-10-19(36-3)13-20(11-18)37-4;1-5-24-20(14-26-28(24)2)23-15-25-21-7-6-16(12-22(21)27-23)29(8-9-30)17-10-18(31-3)13-19(11-17)32-4/h7-10,12-18H,11H2,1-4H3;8-9,12-17,28H,10-11H2,1-7H3;6-7,10-15,30H,5,8-9,16H2,1-4H3;6-7,10-15,30H,5,8-9H2,1-4H3. The van der Waals surface area contributed by atoms with E-state index in [0.717, 1.165) is 172 Å². The Kier molecular flexibility index (Phi) is 33.5. The number of benzene rings is 8. The number of ether oxygens (including phenoxy) is 9. The van der Waals surface area contributed by atoms with Gasteiger partial charge in [-0.2, -0.15) is 38.5 Å². The Morgan fingerprint density at radius 1 is 0.408 bits per heavy atom. The minimum Gasteiger partial charge on any atom is -0.497 e. The molecule has 17 rings (SSSR count). The van der Waals surface area contributed by atoms with Crippen molar-refractivity contribution < 1.29 is 60.9 Å². The Morgan fingerprint density at radius 3 is 1.17 bits per heavy atom. The van der Waals surface area contributed by atoms with Crippen LogP contribution in [-0.4, -0.2) is 223 Å². The van der Waals surface area contributed by atoms with Crippen molar-refractivity contribution in [3.8, 4) is 109 Å². The topological polar surface area (TPSA) is 340 Å². The summed E-state index contributed by atoms with van der Waals surface area (Å²) in [6.07, 6.45) is 13.4. The molecule has 9 aromatic heterocycles. The lowest BCUT2D eigenvalue weighted by Gasteiger charge is -2.27. The van der Waals surface area contributed by atoms with Crippen molar-refractivity contribution in [3.63, 3.8) is 0 Å². The van der Waals surface area contributed by atoms with E-state index >= 15 is 0 Å². The molecule has 0 spiro atoms. The molecular weight excluding hydrogens is 1810 g/mol. The fourth-order valence-corrected chi connectivity index (χ4v) is 16.1. The number of hydrogen-bond acceptors (Lipinski definition) is 30. The highest BCUT2D eigenvalue weighted by Gasteiger charge is 2.28. The quantitative estimate of drug-likeness (QED) is 0.0249. The van der Waals surface area contributed by atoms with Crippen molar-refractivity contribution >= 4 is 89.6 Å². The molecule has 0 unspecified atom stereocenters. The van der Waals surface area contributed by atoms with Crippen LogP contribution in [0.2, 0.25) is 0 Å². The number of nitrogens with zero attached hydrogens (tertiary/aromatic N) is 22. The van der Waals surface area contributed by atoms with Crippen molar-refractivity contribution in [2.75, 3.05) is 136 Å². The minimum absolute atomic E-state index is 0.0151. The molecule has 142 heavy (non-hydrogen) atoms. The molecule has 0 radical (unpaired) electrons. The van der Waals surface area contributed by atoms with Crippen LogP contribution in [0, 0.1) is 25.7 Å². The van der Waals surface area contributed by atoms with E-state index in [1.807, 2.05) is 210 Å². The maximum absolute atomic E-state index is 12.7. The smallest absolute Gasteiger partial charge is 0.401 e. The number of aliphatic hydroxyl groups is 1. The van der Waals surface area contributed by atoms with Crippen LogP contribution in [0.4, 0.5) is 58.7 Å². The van der Waals surface area contributed by atoms with Crippen LogP contribution in [-0.2, 0) is 41.0 Å². The van der Waals surface area contributed by atoms with E-state index in [4.69, 9.17) is 67.6 Å². The number of nitrogens with one attached hydrogen (secondary N) is 2. The SMILES string of the molecule is CCc1c(-c2cnc3ccc(N(CCNCC(F)(F)F)c4cc(OC)cc(OC)c4)cc3n2)cnn1C.CCc1c(-c2cnc3ccc(N(CCO)c4cc(OC)cc(OC)c4)cc3n2)cnn1C.COc1cc(OC)cc(N(CC#Cc2nccc(OC)n2)c2ccc3ncc(-c4cnn(C)c4)nc3c2)c1.COc1cc(OC)cc(N(CCNC(C)C)c2ccc3ncc(-c4c(C)nn(C)c4C)nc3c2)c1. The molecule has 37 heteroatoms. The number of anilines is 8. The van der Waals surface area contributed by atoms with Crippen molar-refractivity contribution in [1.29, 1.82) is 0 Å². The Bertz CT molecular complexity index is 7220. The van der Waals surface area contributed by atoms with Gasteiger partial charge in [0.25, 0.3) is 0 Å². The predicted molar refractivity (Wildman–Crippen MR) is 546 cm³/mol. The van der Waals surface area contributed by atoms with E-state index in [1.165, 1.54) is 0 Å². The summed E-state index contributed by atoms with van der Waals surface area (Å²) in [6, 6.07) is 48.2. The molecule has 736 valence electrons. The van der Waals surface area contributed by atoms with Gasteiger partial charge in [0, 0.05) is 243 Å². The number of aromatic nitrogens is 18. The molecule has 0 fully saturated rings. The minimum atomic E-state index is -4.29. The van der Waals surface area contributed by atoms with Gasteiger partial charge in [0.05, 0.1) is 200 Å². The van der Waals surface area contributed by atoms with Gasteiger partial charge >= 0.3 is 6.18 Å². The molecule has 0 aliphatic carbocycles. The highest BCUT2D eigenvalue weighted by molar-refractivity contribution is 5.88. The second-order valence-corrected chi connectivity index (χ2v) is 32.9. The van der Waals surface area contributed by atoms with E-state index in [2.05, 4.69) is 119 Å². The molecule has 0 bridgehead atoms. The fraction of sp³-hybridized carbons (Fsp3) is 0.295. The zero-order chi connectivity index (χ0) is 101. The number of rotatable bonds is 34. The third-order valence-electron chi connectivity index (χ3n) is 23.4. The Morgan fingerprint density at radius 2 is 0.796 bits per heavy atom. The van der Waals surface area contributed by atoms with Crippen molar-refractivity contribution in [1.82, 2.24) is 99.6 Å². The summed E-state index contributed by atoms with van der Waals surface area (Å²) < 4.78 is 94.4. The van der Waals surface area contributed by atoms with Crippen LogP contribution in [0.1, 0.15) is 56.3 Å². The first-order chi connectivity index (χ1) is 68.6. The van der Waals surface area contributed by atoms with Gasteiger partial charge in [-0.15, -0.1) is 0 Å². The molecule has 8 aromatic carbocycles. The van der Waals surface area contributed by atoms with Crippen LogP contribution < -0.4 is 72.9 Å². The third kappa shape index (κ3) is 24.8. The summed E-state index contributed by atoms with van der Waals surface area (Å²) in [5, 5.41) is 33.2. The second kappa shape index (κ2) is 46.9. The highest BCUT2D eigenvalue weighted by Crippen LogP contribution is 2.41. The van der Waals surface area contributed by atoms with E-state index in [1.54, 1.807) is 118 Å². The van der Waals surface area contributed by atoms with E-state index in [0.29, 0.717) is 87.7 Å². The molecule has 0 saturated heterocycles. The largest absolute Gasteiger partial charge is 0.497 e. The lowest BCUT2D eigenvalue weighted by atomic mass is 10.1. The van der Waals surface area contributed by atoms with Gasteiger partial charge in [-0.3, -0.25) is 38.7 Å². The summed E-state index contributed by atoms with van der Waals surface area (Å²) in [6.45, 7) is 14.1. The zero-order valence-corrected chi connectivity index (χ0v) is 82.9. The number of hydrogen-bond donors (Lipinski definition) is 3. The fourth-order valence-electron chi connectivity index (χ4n) is 16.1. The van der Waals surface area contributed by atoms with Crippen LogP contribution in [0.15, 0.2) is 207 Å². The Labute approximate surface area is 821 Å². The van der Waals surface area contributed by atoms with Gasteiger partial charge in [-0.25, -0.2) is 24.9 Å².